The molecule has 0 aliphatic heterocycles. The van der Waals surface area contributed by atoms with Gasteiger partial charge in [-0.1, -0.05) is 26.3 Å². The quantitative estimate of drug-likeness (QED) is 0.109. The van der Waals surface area contributed by atoms with E-state index in [4.69, 9.17) is 24.8 Å². The summed E-state index contributed by atoms with van der Waals surface area (Å²) in [6.07, 6.45) is 2.25. The summed E-state index contributed by atoms with van der Waals surface area (Å²) in [6, 6.07) is 0. The van der Waals surface area contributed by atoms with E-state index in [2.05, 4.69) is 31.1 Å². The zero-order valence-corrected chi connectivity index (χ0v) is 19.0. The molecule has 2 atom stereocenters. The molecule has 2 unspecified atom stereocenters. The van der Waals surface area contributed by atoms with E-state index < -0.39 is 36.1 Å². The number of aliphatic hydroxyl groups is 2. The van der Waals surface area contributed by atoms with Crippen molar-refractivity contribution < 1.29 is 58.9 Å². The highest BCUT2D eigenvalue weighted by Crippen LogP contribution is 2.04. The van der Waals surface area contributed by atoms with Crippen LogP contribution in [-0.2, 0) is 33.4 Å². The van der Waals surface area contributed by atoms with E-state index in [0.717, 1.165) is 18.2 Å². The molecule has 0 aromatic carbocycles. The molecule has 0 aliphatic carbocycles. The summed E-state index contributed by atoms with van der Waals surface area (Å²) in [7, 11) is 0. The van der Waals surface area contributed by atoms with Gasteiger partial charge in [0.15, 0.2) is 0 Å². The fraction of sp³-hybridized carbons (Fsp3) is 0.455. The maximum Gasteiger partial charge on any atom is 0.331 e. The summed E-state index contributed by atoms with van der Waals surface area (Å²) in [6.45, 7) is 13.3. The smallest absolute Gasteiger partial charge is 0.331 e. The molecule has 0 saturated carbocycles. The largest absolute Gasteiger partial charge is 0.478 e. The van der Waals surface area contributed by atoms with Gasteiger partial charge in [-0.15, -0.1) is 0 Å². The molecule has 0 aromatic rings. The van der Waals surface area contributed by atoms with Crippen molar-refractivity contribution in [2.75, 3.05) is 33.0 Å². The molecule has 194 valence electrons. The van der Waals surface area contributed by atoms with Crippen molar-refractivity contribution in [3.05, 3.63) is 50.1 Å². The topological polar surface area (TPSA) is 197 Å². The van der Waals surface area contributed by atoms with Crippen LogP contribution in [0.1, 0.15) is 19.3 Å². The third-order valence-electron chi connectivity index (χ3n) is 3.17. The summed E-state index contributed by atoms with van der Waals surface area (Å²) in [5, 5.41) is 42.8. The molecule has 12 heteroatoms. The van der Waals surface area contributed by atoms with Gasteiger partial charge in [0.1, 0.15) is 12.7 Å². The van der Waals surface area contributed by atoms with Crippen LogP contribution in [0.3, 0.4) is 0 Å². The van der Waals surface area contributed by atoms with Gasteiger partial charge in [0.05, 0.1) is 19.3 Å². The van der Waals surface area contributed by atoms with Crippen LogP contribution in [0.15, 0.2) is 50.1 Å². The van der Waals surface area contributed by atoms with Crippen LogP contribution < -0.4 is 0 Å². The Labute approximate surface area is 198 Å². The van der Waals surface area contributed by atoms with Gasteiger partial charge in [-0.25, -0.2) is 19.2 Å². The number of carbonyl (C=O) groups is 4. The van der Waals surface area contributed by atoms with Crippen molar-refractivity contribution in [1.29, 1.82) is 0 Å². The second-order valence-corrected chi connectivity index (χ2v) is 6.20. The number of hydrogen-bond acceptors (Lipinski definition) is 9. The van der Waals surface area contributed by atoms with Gasteiger partial charge in [-0.05, 0) is 12.8 Å². The fourth-order valence-electron chi connectivity index (χ4n) is 1.56. The Morgan fingerprint density at radius 3 is 1.50 bits per heavy atom. The number of carbonyl (C=O) groups excluding carboxylic acids is 1. The number of carboxylic acid groups (broad SMARTS) is 3. The summed E-state index contributed by atoms with van der Waals surface area (Å²) < 4.78 is 15.1. The van der Waals surface area contributed by atoms with Crippen LogP contribution in [0.2, 0.25) is 0 Å². The Morgan fingerprint density at radius 1 is 0.735 bits per heavy atom. The first-order valence-electron chi connectivity index (χ1n) is 9.83. The van der Waals surface area contributed by atoms with Crippen molar-refractivity contribution in [3.63, 3.8) is 0 Å². The van der Waals surface area contributed by atoms with E-state index >= 15 is 0 Å². The predicted octanol–water partition coefficient (Wildman–Crippen LogP) is 0.796. The van der Waals surface area contributed by atoms with Gasteiger partial charge in [0, 0.05) is 43.4 Å². The lowest BCUT2D eigenvalue weighted by Crippen LogP contribution is -2.23. The number of hydrogen-bond donors (Lipinski definition) is 5. The maximum absolute atomic E-state index is 10.8. The Balaban J connectivity index is -0.000000799. The van der Waals surface area contributed by atoms with Crippen molar-refractivity contribution in [2.24, 2.45) is 0 Å². The van der Waals surface area contributed by atoms with Crippen molar-refractivity contribution in [3.8, 4) is 0 Å². The van der Waals surface area contributed by atoms with E-state index in [1.807, 2.05) is 0 Å². The fourth-order valence-corrected chi connectivity index (χ4v) is 1.56. The molecule has 0 bridgehead atoms. The zero-order chi connectivity index (χ0) is 26.9. The molecular weight excluding hydrogens is 456 g/mol. The number of unbranched alkanes of at least 4 members (excludes halogenated alkanes) is 1. The third-order valence-corrected chi connectivity index (χ3v) is 3.17. The predicted molar refractivity (Wildman–Crippen MR) is 121 cm³/mol. The van der Waals surface area contributed by atoms with Gasteiger partial charge in [0.2, 0.25) is 0 Å². The number of aliphatic hydroxyl groups excluding tert-OH is 2. The average molecular weight is 491 g/mol. The highest BCUT2D eigenvalue weighted by atomic mass is 16.5. The van der Waals surface area contributed by atoms with Gasteiger partial charge < -0.3 is 39.7 Å². The molecule has 0 radical (unpaired) electrons. The average Bonchev–Trinajstić information content (AvgIpc) is 2.79. The molecule has 5 N–H and O–H groups in total. The normalized spacial score (nSPS) is 11.1. The molecule has 0 amide bonds. The summed E-state index contributed by atoms with van der Waals surface area (Å²) in [4.78, 5) is 39.8. The minimum atomic E-state index is -1.13. The van der Waals surface area contributed by atoms with E-state index in [1.165, 1.54) is 0 Å². The number of carboxylic acids is 3. The summed E-state index contributed by atoms with van der Waals surface area (Å²) in [5.41, 5.74) is -0.0585. The van der Waals surface area contributed by atoms with Crippen LogP contribution in [0.5, 0.6) is 0 Å². The van der Waals surface area contributed by atoms with Crippen LogP contribution in [-0.4, -0.2) is 94.7 Å². The van der Waals surface area contributed by atoms with Crippen LogP contribution in [0.4, 0.5) is 0 Å². The lowest BCUT2D eigenvalue weighted by molar-refractivity contribution is -0.142. The number of ether oxygens (including phenoxy) is 3. The molecule has 0 heterocycles. The molecule has 12 nitrogen and oxygen atoms in total. The Kier molecular flexibility index (Phi) is 25.2. The first kappa shape index (κ1) is 35.3. The summed E-state index contributed by atoms with van der Waals surface area (Å²) in [5.74, 6) is -3.69. The van der Waals surface area contributed by atoms with Crippen LogP contribution in [0, 0.1) is 0 Å². The first-order chi connectivity index (χ1) is 15.9. The van der Waals surface area contributed by atoms with E-state index in [9.17, 15) is 29.4 Å². The van der Waals surface area contributed by atoms with Crippen molar-refractivity contribution in [1.82, 2.24) is 0 Å². The molecule has 0 fully saturated rings. The number of rotatable bonds is 17. The lowest BCUT2D eigenvalue weighted by Gasteiger charge is -2.12. The lowest BCUT2D eigenvalue weighted by atomic mass is 10.1. The minimum Gasteiger partial charge on any atom is -0.478 e. The van der Waals surface area contributed by atoms with Crippen molar-refractivity contribution in [2.45, 2.75) is 31.5 Å². The highest BCUT2D eigenvalue weighted by Gasteiger charge is 2.11. The van der Waals surface area contributed by atoms with E-state index in [1.54, 1.807) is 0 Å². The zero-order valence-electron chi connectivity index (χ0n) is 19.0. The molecule has 34 heavy (non-hydrogen) atoms. The standard InChI is InChI=1S/C16H26O8.2C3H4O2/c1-3-15(19)24-11-14(18)10-23-7-5-4-6-22-9-13(17)8-12(2)16(20)21;2*1-2-3(4)5/h3,13-14,17-18H,1-2,4-11H2,(H,20,21);2*2H,1H2,(H,4,5). The highest BCUT2D eigenvalue weighted by molar-refractivity contribution is 5.85. The molecule has 0 aliphatic rings. The minimum absolute atomic E-state index is 0.0350. The number of esters is 1. The Hall–Kier alpha value is -3.32. The molecule has 0 saturated heterocycles. The van der Waals surface area contributed by atoms with Gasteiger partial charge in [-0.2, -0.15) is 0 Å². The van der Waals surface area contributed by atoms with E-state index in [-0.39, 0.29) is 31.8 Å². The van der Waals surface area contributed by atoms with Crippen LogP contribution in [0.25, 0.3) is 0 Å². The maximum atomic E-state index is 10.8. The first-order valence-corrected chi connectivity index (χ1v) is 9.83. The van der Waals surface area contributed by atoms with Gasteiger partial charge in [0.25, 0.3) is 0 Å². The molecule has 0 aromatic heterocycles. The molecule has 0 spiro atoms. The van der Waals surface area contributed by atoms with E-state index in [0.29, 0.717) is 26.1 Å². The second kappa shape index (κ2) is 24.3. The second-order valence-electron chi connectivity index (χ2n) is 6.20. The van der Waals surface area contributed by atoms with Gasteiger partial charge >= 0.3 is 23.9 Å². The van der Waals surface area contributed by atoms with Crippen molar-refractivity contribution >= 4 is 23.9 Å². The van der Waals surface area contributed by atoms with Gasteiger partial charge in [-0.3, -0.25) is 0 Å². The Morgan fingerprint density at radius 2 is 1.15 bits per heavy atom. The molecule has 0 rings (SSSR count). The molecular formula is C22H34O12. The SMILES string of the molecule is C=CC(=O)O.C=CC(=O)O.C=CC(=O)OCC(O)COCCCCOCC(O)CC(=C)C(=O)O. The third kappa shape index (κ3) is 30.9. The van der Waals surface area contributed by atoms with Crippen LogP contribution >= 0.6 is 0 Å². The summed E-state index contributed by atoms with van der Waals surface area (Å²) >= 11 is 0. The monoisotopic (exact) mass is 490 g/mol. The number of aliphatic carboxylic acids is 3. The Bertz CT molecular complexity index is 638.